The Balaban J connectivity index is 0.826. The van der Waals surface area contributed by atoms with Crippen molar-refractivity contribution < 1.29 is 9.13 Å². The molecular formula is C36H38N6S4+2. The maximum Gasteiger partial charge on any atom is 0.289 e. The molecule has 6 nitrogen and oxygen atoms in total. The largest absolute Gasteiger partial charge is 0.335 e. The van der Waals surface area contributed by atoms with E-state index in [-0.39, 0.29) is 0 Å². The van der Waals surface area contributed by atoms with Gasteiger partial charge in [-0.15, -0.1) is 46.2 Å². The Kier molecular flexibility index (Phi) is 9.11. The lowest BCUT2D eigenvalue weighted by Gasteiger charge is -2.13. The van der Waals surface area contributed by atoms with Crippen LogP contribution < -0.4 is 18.9 Å². The number of hydrogen-bond donors (Lipinski definition) is 0. The van der Waals surface area contributed by atoms with Gasteiger partial charge in [0.1, 0.15) is 22.5 Å². The van der Waals surface area contributed by atoms with E-state index in [4.69, 9.17) is 9.97 Å². The second-order valence-electron chi connectivity index (χ2n) is 12.0. The maximum atomic E-state index is 4.89. The number of thiophene rings is 2. The molecule has 6 heterocycles. The Bertz CT molecular complexity index is 1780. The third kappa shape index (κ3) is 6.50. The molecule has 0 saturated carbocycles. The smallest absolute Gasteiger partial charge is 0.289 e. The van der Waals surface area contributed by atoms with Crippen LogP contribution in [0.3, 0.4) is 0 Å². The molecule has 0 bridgehead atoms. The standard InChI is InChI=1S/C36H38N6S4/c1-2-16-39(15-1)35-33-31(13-19-45-33)41(25-37-35)23-27-5-9-29(10-6-27)43-21-22-44-30-11-7-28(8-12-30)24-42-26-38-36(40-17-3-4-18-40)34-32(42)14-20-46-34/h5-14,19-20,25-26H,1-4,15-18,21-24H2/q+2. The summed E-state index contributed by atoms with van der Waals surface area (Å²) in [4.78, 5) is 17.3. The van der Waals surface area contributed by atoms with Crippen molar-refractivity contribution in [1.82, 2.24) is 9.97 Å². The minimum absolute atomic E-state index is 0.842. The van der Waals surface area contributed by atoms with Gasteiger partial charge in [-0.05, 0) is 93.9 Å². The van der Waals surface area contributed by atoms with Gasteiger partial charge in [0, 0.05) is 47.5 Å². The number of aromatic nitrogens is 4. The Hall–Kier alpha value is -3.18. The van der Waals surface area contributed by atoms with E-state index in [1.807, 2.05) is 58.9 Å². The zero-order valence-corrected chi connectivity index (χ0v) is 29.2. The fourth-order valence-corrected chi connectivity index (χ4v) is 10.2. The zero-order valence-electron chi connectivity index (χ0n) is 25.9. The molecule has 2 fully saturated rings. The molecule has 10 heteroatoms. The number of benzene rings is 2. The Morgan fingerprint density at radius 1 is 0.565 bits per heavy atom. The third-order valence-electron chi connectivity index (χ3n) is 8.94. The van der Waals surface area contributed by atoms with Gasteiger partial charge in [0.2, 0.25) is 0 Å². The minimum atomic E-state index is 0.842. The Morgan fingerprint density at radius 2 is 0.978 bits per heavy atom. The van der Waals surface area contributed by atoms with Gasteiger partial charge in [0.15, 0.2) is 11.0 Å². The van der Waals surface area contributed by atoms with Gasteiger partial charge >= 0.3 is 0 Å². The first kappa shape index (κ1) is 30.2. The fourth-order valence-electron chi connectivity index (χ4n) is 6.54. The van der Waals surface area contributed by atoms with Crippen LogP contribution in [-0.4, -0.2) is 47.7 Å². The molecule has 4 aromatic heterocycles. The molecule has 2 aliphatic rings. The highest BCUT2D eigenvalue weighted by atomic mass is 32.2. The van der Waals surface area contributed by atoms with E-state index in [9.17, 15) is 0 Å². The summed E-state index contributed by atoms with van der Waals surface area (Å²) in [6.45, 7) is 6.18. The van der Waals surface area contributed by atoms with Crippen molar-refractivity contribution in [3.05, 3.63) is 95.2 Å². The lowest BCUT2D eigenvalue weighted by molar-refractivity contribution is -0.665. The molecule has 2 saturated heterocycles. The Labute approximate surface area is 287 Å². The summed E-state index contributed by atoms with van der Waals surface area (Å²) in [6.07, 6.45) is 9.13. The van der Waals surface area contributed by atoms with Crippen molar-refractivity contribution in [2.45, 2.75) is 48.6 Å². The van der Waals surface area contributed by atoms with E-state index < -0.39 is 0 Å². The second-order valence-corrected chi connectivity index (χ2v) is 16.2. The molecular weight excluding hydrogens is 645 g/mol. The van der Waals surface area contributed by atoms with Crippen molar-refractivity contribution in [3.8, 4) is 0 Å². The lowest BCUT2D eigenvalue weighted by atomic mass is 10.2. The van der Waals surface area contributed by atoms with Crippen LogP contribution in [-0.2, 0) is 13.1 Å². The number of fused-ring (bicyclic) bond motifs is 2. The predicted octanol–water partition coefficient (Wildman–Crippen LogP) is 7.66. The van der Waals surface area contributed by atoms with Crippen LogP contribution in [0.4, 0.5) is 11.6 Å². The molecule has 0 N–H and O–H groups in total. The van der Waals surface area contributed by atoms with E-state index in [2.05, 4.69) is 90.4 Å². The van der Waals surface area contributed by atoms with Crippen LogP contribution in [0.15, 0.2) is 93.9 Å². The van der Waals surface area contributed by atoms with Crippen molar-refractivity contribution in [2.75, 3.05) is 47.5 Å². The van der Waals surface area contributed by atoms with Crippen molar-refractivity contribution in [3.63, 3.8) is 0 Å². The van der Waals surface area contributed by atoms with Gasteiger partial charge in [-0.25, -0.2) is 9.13 Å². The summed E-state index contributed by atoms with van der Waals surface area (Å²) in [5.41, 5.74) is 5.19. The summed E-state index contributed by atoms with van der Waals surface area (Å²) in [6, 6.07) is 22.6. The summed E-state index contributed by atoms with van der Waals surface area (Å²) in [7, 11) is 0. The average Bonchev–Trinajstić information content (AvgIpc) is 3.92. The van der Waals surface area contributed by atoms with Crippen LogP contribution in [0, 0.1) is 0 Å². The second kappa shape index (κ2) is 13.9. The van der Waals surface area contributed by atoms with Gasteiger partial charge in [-0.3, -0.25) is 0 Å². The molecule has 46 heavy (non-hydrogen) atoms. The van der Waals surface area contributed by atoms with Crippen molar-refractivity contribution >= 4 is 78.3 Å². The molecule has 234 valence electrons. The van der Waals surface area contributed by atoms with Crippen LogP contribution in [0.25, 0.3) is 20.4 Å². The summed E-state index contributed by atoms with van der Waals surface area (Å²) < 4.78 is 7.20. The average molecular weight is 683 g/mol. The van der Waals surface area contributed by atoms with Crippen molar-refractivity contribution in [2.24, 2.45) is 0 Å². The minimum Gasteiger partial charge on any atom is -0.335 e. The highest BCUT2D eigenvalue weighted by Crippen LogP contribution is 2.31. The van der Waals surface area contributed by atoms with Gasteiger partial charge in [0.25, 0.3) is 24.3 Å². The number of hydrogen-bond acceptors (Lipinski definition) is 8. The summed E-state index contributed by atoms with van der Waals surface area (Å²) in [5, 5.41) is 4.39. The summed E-state index contributed by atoms with van der Waals surface area (Å²) >= 11 is 7.49. The SMILES string of the molecule is c1cc2c(s1)c(N1CCCC1)nc[n+]2Cc1ccc(SCCSc2ccc(C[n+]3cnc(N4CCCC4)c4sccc43)cc2)cc1. The lowest BCUT2D eigenvalue weighted by Crippen LogP contribution is -2.36. The number of thioether (sulfide) groups is 2. The topological polar surface area (TPSA) is 40.0 Å². The van der Waals surface area contributed by atoms with Gasteiger partial charge in [-0.2, -0.15) is 0 Å². The fraction of sp³-hybridized carbons (Fsp3) is 0.333. The molecule has 8 rings (SSSR count). The van der Waals surface area contributed by atoms with Crippen LogP contribution in [0.2, 0.25) is 0 Å². The monoisotopic (exact) mass is 682 g/mol. The van der Waals surface area contributed by atoms with Crippen molar-refractivity contribution in [1.29, 1.82) is 0 Å². The zero-order chi connectivity index (χ0) is 30.7. The van der Waals surface area contributed by atoms with Crippen LogP contribution in [0.1, 0.15) is 36.8 Å². The van der Waals surface area contributed by atoms with Gasteiger partial charge < -0.3 is 9.80 Å². The molecule has 0 radical (unpaired) electrons. The molecule has 0 unspecified atom stereocenters. The summed E-state index contributed by atoms with van der Waals surface area (Å²) in [5.74, 6) is 4.49. The maximum absolute atomic E-state index is 4.89. The van der Waals surface area contributed by atoms with E-state index in [1.54, 1.807) is 0 Å². The molecule has 6 aromatic rings. The molecule has 0 spiro atoms. The predicted molar refractivity (Wildman–Crippen MR) is 195 cm³/mol. The molecule has 0 aliphatic carbocycles. The molecule has 2 aliphatic heterocycles. The first-order valence-corrected chi connectivity index (χ1v) is 20.0. The highest BCUT2D eigenvalue weighted by Gasteiger charge is 2.25. The number of rotatable bonds is 11. The van der Waals surface area contributed by atoms with E-state index in [0.29, 0.717) is 0 Å². The normalized spacial score (nSPS) is 15.1. The quantitative estimate of drug-likeness (QED) is 0.0794. The molecule has 0 amide bonds. The first-order chi connectivity index (χ1) is 22.8. The Morgan fingerprint density at radius 3 is 1.39 bits per heavy atom. The third-order valence-corrected chi connectivity index (χ3v) is 13.0. The van der Waals surface area contributed by atoms with E-state index in [1.165, 1.54) is 67.0 Å². The van der Waals surface area contributed by atoms with Crippen LogP contribution in [0.5, 0.6) is 0 Å². The van der Waals surface area contributed by atoms with Crippen LogP contribution >= 0.6 is 46.2 Å². The highest BCUT2D eigenvalue weighted by molar-refractivity contribution is 8.03. The van der Waals surface area contributed by atoms with Gasteiger partial charge in [-0.1, -0.05) is 24.3 Å². The molecule has 2 aromatic carbocycles. The number of anilines is 2. The van der Waals surface area contributed by atoms with Gasteiger partial charge in [0.05, 0.1) is 0 Å². The first-order valence-electron chi connectivity index (χ1n) is 16.2. The number of nitrogens with zero attached hydrogens (tertiary/aromatic N) is 6. The van der Waals surface area contributed by atoms with E-state index in [0.717, 1.165) is 62.4 Å². The molecule has 0 atom stereocenters. The van der Waals surface area contributed by atoms with E-state index >= 15 is 0 Å².